The molecule has 0 aliphatic carbocycles. The van der Waals surface area contributed by atoms with Crippen molar-refractivity contribution in [2.45, 2.75) is 38.6 Å². The highest BCUT2D eigenvalue weighted by Crippen LogP contribution is 2.25. The largest absolute Gasteiger partial charge is 0.469 e. The molecule has 1 atom stereocenters. The number of amides is 1. The van der Waals surface area contributed by atoms with Gasteiger partial charge in [0.05, 0.1) is 24.9 Å². The fraction of sp³-hybridized carbons (Fsp3) is 0.643. The van der Waals surface area contributed by atoms with E-state index < -0.39 is 0 Å². The number of piperidine rings is 1. The molecule has 1 aromatic rings. The first kappa shape index (κ1) is 15.3. The van der Waals surface area contributed by atoms with E-state index >= 15 is 0 Å². The van der Waals surface area contributed by atoms with Crippen LogP contribution in [0.3, 0.4) is 0 Å². The van der Waals surface area contributed by atoms with Crippen molar-refractivity contribution < 1.29 is 14.3 Å². The summed E-state index contributed by atoms with van der Waals surface area (Å²) in [7, 11) is 3.07. The average molecular weight is 294 g/mol. The minimum Gasteiger partial charge on any atom is -0.469 e. The molecule has 116 valence electrons. The van der Waals surface area contributed by atoms with E-state index in [9.17, 15) is 9.59 Å². The Labute approximate surface area is 124 Å². The van der Waals surface area contributed by atoms with Crippen LogP contribution in [-0.2, 0) is 16.6 Å². The molecule has 0 radical (unpaired) electrons. The van der Waals surface area contributed by atoms with Gasteiger partial charge in [0.1, 0.15) is 5.69 Å². The van der Waals surface area contributed by atoms with Crippen LogP contribution in [0.1, 0.15) is 41.9 Å². The molecule has 1 unspecified atom stereocenters. The molecule has 2 N–H and O–H groups in total. The van der Waals surface area contributed by atoms with Crippen molar-refractivity contribution in [2.75, 3.05) is 19.4 Å². The molecule has 0 spiro atoms. The standard InChI is InChI=1S/C14H22N4O3/c1-9-12(15)13(17(2)16-9)14(20)18-7-5-4-6-10(18)8-11(19)21-3/h10H,4-8,15H2,1-3H3. The van der Waals surface area contributed by atoms with E-state index in [4.69, 9.17) is 10.5 Å². The van der Waals surface area contributed by atoms with E-state index in [1.165, 1.54) is 11.8 Å². The number of ether oxygens (including phenoxy) is 1. The number of hydrogen-bond donors (Lipinski definition) is 1. The van der Waals surface area contributed by atoms with E-state index in [0.717, 1.165) is 19.3 Å². The Balaban J connectivity index is 2.24. The Kier molecular flexibility index (Phi) is 4.50. The minimum absolute atomic E-state index is 0.131. The topological polar surface area (TPSA) is 90.4 Å². The number of carbonyl (C=O) groups is 2. The van der Waals surface area contributed by atoms with Crippen LogP contribution in [-0.4, -0.2) is 46.3 Å². The number of anilines is 1. The summed E-state index contributed by atoms with van der Waals surface area (Å²) >= 11 is 0. The maximum absolute atomic E-state index is 12.8. The number of nitrogens with zero attached hydrogens (tertiary/aromatic N) is 3. The number of rotatable bonds is 3. The van der Waals surface area contributed by atoms with Gasteiger partial charge >= 0.3 is 5.97 Å². The Morgan fingerprint density at radius 1 is 1.43 bits per heavy atom. The molecule has 7 nitrogen and oxygen atoms in total. The molecule has 1 aromatic heterocycles. The molecule has 1 fully saturated rings. The van der Waals surface area contributed by atoms with Crippen LogP contribution >= 0.6 is 0 Å². The van der Waals surface area contributed by atoms with Gasteiger partial charge in [0.15, 0.2) is 0 Å². The van der Waals surface area contributed by atoms with E-state index in [-0.39, 0.29) is 24.3 Å². The van der Waals surface area contributed by atoms with Gasteiger partial charge in [-0.15, -0.1) is 0 Å². The van der Waals surface area contributed by atoms with Crippen LogP contribution in [0.2, 0.25) is 0 Å². The van der Waals surface area contributed by atoms with Gasteiger partial charge < -0.3 is 15.4 Å². The molecule has 0 bridgehead atoms. The third-order valence-electron chi connectivity index (χ3n) is 3.99. The van der Waals surface area contributed by atoms with Crippen molar-refractivity contribution in [1.82, 2.24) is 14.7 Å². The normalized spacial score (nSPS) is 18.6. The smallest absolute Gasteiger partial charge is 0.307 e. The van der Waals surface area contributed by atoms with Gasteiger partial charge in [-0.3, -0.25) is 14.3 Å². The predicted molar refractivity (Wildman–Crippen MR) is 77.7 cm³/mol. The molecular weight excluding hydrogens is 272 g/mol. The highest BCUT2D eigenvalue weighted by Gasteiger charge is 2.32. The number of aromatic nitrogens is 2. The zero-order valence-electron chi connectivity index (χ0n) is 12.8. The number of esters is 1. The lowest BCUT2D eigenvalue weighted by molar-refractivity contribution is -0.142. The van der Waals surface area contributed by atoms with Gasteiger partial charge in [-0.25, -0.2) is 0 Å². The summed E-state index contributed by atoms with van der Waals surface area (Å²) in [5, 5.41) is 4.18. The highest BCUT2D eigenvalue weighted by molar-refractivity contribution is 5.98. The van der Waals surface area contributed by atoms with Gasteiger partial charge in [-0.1, -0.05) is 0 Å². The van der Waals surface area contributed by atoms with Crippen LogP contribution in [0.25, 0.3) is 0 Å². The van der Waals surface area contributed by atoms with Crippen LogP contribution < -0.4 is 5.73 Å². The third kappa shape index (κ3) is 3.01. The van der Waals surface area contributed by atoms with Crippen LogP contribution in [0, 0.1) is 6.92 Å². The van der Waals surface area contributed by atoms with Crippen LogP contribution in [0.15, 0.2) is 0 Å². The molecule has 1 amide bonds. The quantitative estimate of drug-likeness (QED) is 0.835. The molecule has 21 heavy (non-hydrogen) atoms. The summed E-state index contributed by atoms with van der Waals surface area (Å²) in [6.45, 7) is 2.40. The lowest BCUT2D eigenvalue weighted by Gasteiger charge is -2.35. The Morgan fingerprint density at radius 2 is 2.14 bits per heavy atom. The first-order valence-corrected chi connectivity index (χ1v) is 7.12. The van der Waals surface area contributed by atoms with Crippen LogP contribution in [0.4, 0.5) is 5.69 Å². The van der Waals surface area contributed by atoms with Crippen molar-refractivity contribution in [3.05, 3.63) is 11.4 Å². The second kappa shape index (κ2) is 6.15. The maximum atomic E-state index is 12.8. The Morgan fingerprint density at radius 3 is 2.71 bits per heavy atom. The summed E-state index contributed by atoms with van der Waals surface area (Å²) in [6, 6.07) is -0.131. The molecule has 0 saturated carbocycles. The highest BCUT2D eigenvalue weighted by atomic mass is 16.5. The van der Waals surface area contributed by atoms with E-state index in [0.29, 0.717) is 23.6 Å². The van der Waals surface area contributed by atoms with Gasteiger partial charge in [0, 0.05) is 19.6 Å². The average Bonchev–Trinajstić information content (AvgIpc) is 2.72. The first-order valence-electron chi connectivity index (χ1n) is 7.12. The molecule has 2 heterocycles. The van der Waals surface area contributed by atoms with Gasteiger partial charge in [-0.05, 0) is 26.2 Å². The van der Waals surface area contributed by atoms with Crippen LogP contribution in [0.5, 0.6) is 0 Å². The first-order chi connectivity index (χ1) is 9.95. The molecule has 2 rings (SSSR count). The minimum atomic E-state index is -0.297. The predicted octanol–water partition coefficient (Wildman–Crippen LogP) is 0.869. The Bertz CT molecular complexity index is 553. The van der Waals surface area contributed by atoms with Crippen molar-refractivity contribution >= 4 is 17.6 Å². The third-order valence-corrected chi connectivity index (χ3v) is 3.99. The molecule has 1 aliphatic heterocycles. The van der Waals surface area contributed by atoms with E-state index in [1.54, 1.807) is 18.9 Å². The fourth-order valence-corrected chi connectivity index (χ4v) is 2.82. The maximum Gasteiger partial charge on any atom is 0.307 e. The Hall–Kier alpha value is -2.05. The van der Waals surface area contributed by atoms with E-state index in [2.05, 4.69) is 5.10 Å². The summed E-state index contributed by atoms with van der Waals surface area (Å²) in [6.07, 6.45) is 2.96. The lowest BCUT2D eigenvalue weighted by Crippen LogP contribution is -2.45. The summed E-state index contributed by atoms with van der Waals surface area (Å²) < 4.78 is 6.23. The number of aryl methyl sites for hydroxylation is 2. The van der Waals surface area contributed by atoms with Crippen molar-refractivity contribution in [3.8, 4) is 0 Å². The zero-order valence-corrected chi connectivity index (χ0v) is 12.8. The number of likely N-dealkylation sites (tertiary alicyclic amines) is 1. The molecule has 1 aliphatic rings. The lowest BCUT2D eigenvalue weighted by atomic mass is 9.98. The monoisotopic (exact) mass is 294 g/mol. The second-order valence-corrected chi connectivity index (χ2v) is 5.40. The molecular formula is C14H22N4O3. The molecule has 7 heteroatoms. The zero-order chi connectivity index (χ0) is 15.6. The van der Waals surface area contributed by atoms with Gasteiger partial charge in [-0.2, -0.15) is 5.10 Å². The second-order valence-electron chi connectivity index (χ2n) is 5.40. The number of methoxy groups -OCH3 is 1. The number of carbonyl (C=O) groups excluding carboxylic acids is 2. The van der Waals surface area contributed by atoms with Crippen molar-refractivity contribution in [1.29, 1.82) is 0 Å². The SMILES string of the molecule is COC(=O)CC1CCCCN1C(=O)c1c(N)c(C)nn1C. The van der Waals surface area contributed by atoms with Gasteiger partial charge in [0.2, 0.25) is 0 Å². The summed E-state index contributed by atoms with van der Waals surface area (Å²) in [4.78, 5) is 26.0. The van der Waals surface area contributed by atoms with Gasteiger partial charge in [0.25, 0.3) is 5.91 Å². The number of nitrogens with two attached hydrogens (primary N) is 1. The van der Waals surface area contributed by atoms with Crippen molar-refractivity contribution in [3.63, 3.8) is 0 Å². The molecule has 0 aromatic carbocycles. The number of nitrogen functional groups attached to an aromatic ring is 1. The number of hydrogen-bond acceptors (Lipinski definition) is 5. The summed E-state index contributed by atoms with van der Waals surface area (Å²) in [5.41, 5.74) is 7.40. The fourth-order valence-electron chi connectivity index (χ4n) is 2.82. The van der Waals surface area contributed by atoms with E-state index in [1.807, 2.05) is 0 Å². The summed E-state index contributed by atoms with van der Waals surface area (Å²) in [5.74, 6) is -0.460. The molecule has 1 saturated heterocycles. The van der Waals surface area contributed by atoms with Crippen molar-refractivity contribution in [2.24, 2.45) is 7.05 Å².